The maximum Gasteiger partial charge on any atom is 0.310 e. The normalized spacial score (nSPS) is 10.6. The van der Waals surface area contributed by atoms with Gasteiger partial charge in [0.15, 0.2) is 6.61 Å². The van der Waals surface area contributed by atoms with Crippen molar-refractivity contribution in [3.63, 3.8) is 0 Å². The number of hydrogen-bond acceptors (Lipinski definition) is 5. The number of esters is 1. The zero-order valence-corrected chi connectivity index (χ0v) is 15.3. The summed E-state index contributed by atoms with van der Waals surface area (Å²) in [6.07, 6.45) is 1.56. The fourth-order valence-electron chi connectivity index (χ4n) is 2.86. The number of anilines is 1. The summed E-state index contributed by atoms with van der Waals surface area (Å²) in [6.45, 7) is 2.07. The highest BCUT2D eigenvalue weighted by Crippen LogP contribution is 2.26. The molecule has 1 amide bonds. The van der Waals surface area contributed by atoms with Crippen LogP contribution in [0.4, 0.5) is 5.69 Å². The molecular weight excluding hydrogens is 346 g/mol. The van der Waals surface area contributed by atoms with E-state index in [1.807, 2.05) is 43.3 Å². The summed E-state index contributed by atoms with van der Waals surface area (Å²) in [4.78, 5) is 26.1. The van der Waals surface area contributed by atoms with E-state index >= 15 is 0 Å². The predicted octanol–water partition coefficient (Wildman–Crippen LogP) is 3.58. The van der Waals surface area contributed by atoms with Gasteiger partial charge in [-0.3, -0.25) is 9.59 Å². The quantitative estimate of drug-likeness (QED) is 0.597. The third-order valence-corrected chi connectivity index (χ3v) is 4.24. The number of likely N-dealkylation sites (N-methyl/N-ethyl adjacent to an activating group) is 1. The van der Waals surface area contributed by atoms with E-state index in [-0.39, 0.29) is 18.9 Å². The van der Waals surface area contributed by atoms with Crippen molar-refractivity contribution in [1.29, 1.82) is 0 Å². The SMILES string of the molecule is CCN(C(=O)COC(=O)Cc1coc2cc(OC)ccc12)c1ccccc1. The average Bonchev–Trinajstić information content (AvgIpc) is 3.09. The summed E-state index contributed by atoms with van der Waals surface area (Å²) in [6, 6.07) is 14.7. The largest absolute Gasteiger partial charge is 0.497 e. The van der Waals surface area contributed by atoms with E-state index in [9.17, 15) is 9.59 Å². The molecule has 0 radical (unpaired) electrons. The van der Waals surface area contributed by atoms with Crippen molar-refractivity contribution in [1.82, 2.24) is 0 Å². The molecule has 6 heteroatoms. The van der Waals surface area contributed by atoms with Gasteiger partial charge in [-0.15, -0.1) is 0 Å². The van der Waals surface area contributed by atoms with Gasteiger partial charge in [-0.2, -0.15) is 0 Å². The molecule has 0 N–H and O–H groups in total. The number of ether oxygens (including phenoxy) is 2. The first-order valence-electron chi connectivity index (χ1n) is 8.67. The summed E-state index contributed by atoms with van der Waals surface area (Å²) in [5, 5.41) is 0.818. The van der Waals surface area contributed by atoms with E-state index in [1.165, 1.54) is 6.26 Å². The van der Waals surface area contributed by atoms with Crippen LogP contribution in [0, 0.1) is 0 Å². The van der Waals surface area contributed by atoms with Crippen molar-refractivity contribution in [3.8, 4) is 5.75 Å². The standard InChI is InChI=1S/C21H21NO5/c1-3-22(16-7-5-4-6-8-16)20(23)14-27-21(24)11-15-13-26-19-12-17(25-2)9-10-18(15)19/h4-10,12-13H,3,11,14H2,1-2H3. The van der Waals surface area contributed by atoms with Crippen LogP contribution in [-0.4, -0.2) is 32.1 Å². The number of carbonyl (C=O) groups excluding carboxylic acids is 2. The average molecular weight is 367 g/mol. The number of hydrogen-bond donors (Lipinski definition) is 0. The van der Waals surface area contributed by atoms with Crippen LogP contribution in [0.2, 0.25) is 0 Å². The summed E-state index contributed by atoms with van der Waals surface area (Å²) in [7, 11) is 1.58. The summed E-state index contributed by atoms with van der Waals surface area (Å²) < 4.78 is 15.8. The number of nitrogens with zero attached hydrogens (tertiary/aromatic N) is 1. The molecule has 1 heterocycles. The van der Waals surface area contributed by atoms with Gasteiger partial charge in [0.1, 0.15) is 11.3 Å². The lowest BCUT2D eigenvalue weighted by Crippen LogP contribution is -2.34. The van der Waals surface area contributed by atoms with Gasteiger partial charge in [-0.25, -0.2) is 0 Å². The van der Waals surface area contributed by atoms with Crippen LogP contribution in [0.15, 0.2) is 59.2 Å². The van der Waals surface area contributed by atoms with Crippen LogP contribution in [0.3, 0.4) is 0 Å². The predicted molar refractivity (Wildman–Crippen MR) is 102 cm³/mol. The van der Waals surface area contributed by atoms with Gasteiger partial charge in [0.25, 0.3) is 5.91 Å². The fourth-order valence-corrected chi connectivity index (χ4v) is 2.86. The fraction of sp³-hybridized carbons (Fsp3) is 0.238. The smallest absolute Gasteiger partial charge is 0.310 e. The minimum Gasteiger partial charge on any atom is -0.497 e. The van der Waals surface area contributed by atoms with Crippen LogP contribution in [0.1, 0.15) is 12.5 Å². The Bertz CT molecular complexity index is 932. The van der Waals surface area contributed by atoms with Crippen molar-refractivity contribution in [3.05, 3.63) is 60.4 Å². The van der Waals surface area contributed by atoms with Gasteiger partial charge in [0.05, 0.1) is 19.8 Å². The van der Waals surface area contributed by atoms with Crippen molar-refractivity contribution in [2.24, 2.45) is 0 Å². The first kappa shape index (κ1) is 18.5. The van der Waals surface area contributed by atoms with Gasteiger partial charge in [-0.05, 0) is 31.2 Å². The molecule has 2 aromatic carbocycles. The zero-order valence-electron chi connectivity index (χ0n) is 15.3. The third kappa shape index (κ3) is 4.28. The second-order valence-electron chi connectivity index (χ2n) is 5.93. The first-order chi connectivity index (χ1) is 13.1. The van der Waals surface area contributed by atoms with Gasteiger partial charge < -0.3 is 18.8 Å². The Labute approximate surface area is 157 Å². The van der Waals surface area contributed by atoms with E-state index in [2.05, 4.69) is 0 Å². The molecular formula is C21H21NO5. The number of para-hydroxylation sites is 1. The molecule has 0 unspecified atom stereocenters. The van der Waals surface area contributed by atoms with Crippen molar-refractivity contribution >= 4 is 28.5 Å². The Balaban J connectivity index is 1.60. The molecule has 1 aromatic heterocycles. The number of furan rings is 1. The molecule has 0 saturated heterocycles. The van der Waals surface area contributed by atoms with Crippen LogP contribution in [-0.2, 0) is 20.7 Å². The number of rotatable bonds is 7. The highest BCUT2D eigenvalue weighted by atomic mass is 16.5. The van der Waals surface area contributed by atoms with Crippen LogP contribution < -0.4 is 9.64 Å². The van der Waals surface area contributed by atoms with E-state index in [4.69, 9.17) is 13.9 Å². The minimum atomic E-state index is -0.481. The van der Waals surface area contributed by atoms with E-state index in [0.29, 0.717) is 23.4 Å². The Morgan fingerprint density at radius 3 is 2.59 bits per heavy atom. The molecule has 0 bridgehead atoms. The molecule has 0 aliphatic heterocycles. The molecule has 6 nitrogen and oxygen atoms in total. The highest BCUT2D eigenvalue weighted by Gasteiger charge is 2.17. The number of fused-ring (bicyclic) bond motifs is 1. The van der Waals surface area contributed by atoms with E-state index in [0.717, 1.165) is 11.1 Å². The van der Waals surface area contributed by atoms with Crippen molar-refractivity contribution in [2.45, 2.75) is 13.3 Å². The van der Waals surface area contributed by atoms with Gasteiger partial charge in [0, 0.05) is 29.2 Å². The van der Waals surface area contributed by atoms with E-state index in [1.54, 1.807) is 24.1 Å². The van der Waals surface area contributed by atoms with Gasteiger partial charge in [-0.1, -0.05) is 18.2 Å². The maximum atomic E-state index is 12.4. The Kier molecular flexibility index (Phi) is 5.76. The van der Waals surface area contributed by atoms with E-state index < -0.39 is 5.97 Å². The lowest BCUT2D eigenvalue weighted by molar-refractivity contribution is -0.147. The molecule has 0 aliphatic carbocycles. The molecule has 0 spiro atoms. The summed E-state index contributed by atoms with van der Waals surface area (Å²) >= 11 is 0. The molecule has 3 aromatic rings. The number of benzene rings is 2. The number of carbonyl (C=O) groups is 2. The lowest BCUT2D eigenvalue weighted by Gasteiger charge is -2.20. The van der Waals surface area contributed by atoms with Crippen molar-refractivity contribution in [2.75, 3.05) is 25.2 Å². The summed E-state index contributed by atoms with van der Waals surface area (Å²) in [5.41, 5.74) is 2.12. The number of methoxy groups -OCH3 is 1. The molecule has 27 heavy (non-hydrogen) atoms. The minimum absolute atomic E-state index is 0.0318. The molecule has 0 fully saturated rings. The number of amides is 1. The zero-order chi connectivity index (χ0) is 19.2. The Morgan fingerprint density at radius 2 is 1.89 bits per heavy atom. The van der Waals surface area contributed by atoms with Crippen LogP contribution in [0.25, 0.3) is 11.0 Å². The molecule has 0 aliphatic rings. The molecule has 140 valence electrons. The Morgan fingerprint density at radius 1 is 1.11 bits per heavy atom. The van der Waals surface area contributed by atoms with Gasteiger partial charge >= 0.3 is 5.97 Å². The van der Waals surface area contributed by atoms with Gasteiger partial charge in [0.2, 0.25) is 0 Å². The molecule has 0 atom stereocenters. The second kappa shape index (κ2) is 8.40. The second-order valence-corrected chi connectivity index (χ2v) is 5.93. The first-order valence-corrected chi connectivity index (χ1v) is 8.67. The summed E-state index contributed by atoms with van der Waals surface area (Å²) in [5.74, 6) is -0.0676. The van der Waals surface area contributed by atoms with Crippen molar-refractivity contribution < 1.29 is 23.5 Å². The lowest BCUT2D eigenvalue weighted by atomic mass is 10.1. The van der Waals surface area contributed by atoms with Crippen LogP contribution in [0.5, 0.6) is 5.75 Å². The monoisotopic (exact) mass is 367 g/mol. The van der Waals surface area contributed by atoms with Crippen LogP contribution >= 0.6 is 0 Å². The maximum absolute atomic E-state index is 12.4. The third-order valence-electron chi connectivity index (χ3n) is 4.24. The molecule has 0 saturated carbocycles. The molecule has 3 rings (SSSR count). The topological polar surface area (TPSA) is 69.0 Å². The Hall–Kier alpha value is -3.28. The highest BCUT2D eigenvalue weighted by molar-refractivity contribution is 5.95.